The smallest absolute Gasteiger partial charge is 0.119 e. The van der Waals surface area contributed by atoms with E-state index < -0.39 is 10.8 Å². The van der Waals surface area contributed by atoms with Crippen molar-refractivity contribution in [3.63, 3.8) is 0 Å². The van der Waals surface area contributed by atoms with Gasteiger partial charge in [-0.25, -0.2) is 0 Å². The minimum Gasteiger partial charge on any atom is -0.497 e. The van der Waals surface area contributed by atoms with Crippen LogP contribution in [0.5, 0.6) is 5.75 Å². The Hall–Kier alpha value is -1.52. The predicted octanol–water partition coefficient (Wildman–Crippen LogP) is 3.24. The molecule has 19 heavy (non-hydrogen) atoms. The number of nitrogen functional groups attached to an aromatic ring is 1. The molecule has 100 valence electrons. The number of methoxy groups -OCH3 is 1. The van der Waals surface area contributed by atoms with Gasteiger partial charge < -0.3 is 10.5 Å². The van der Waals surface area contributed by atoms with Crippen LogP contribution in [-0.4, -0.2) is 11.3 Å². The summed E-state index contributed by atoms with van der Waals surface area (Å²) in [5.74, 6) is 1.17. The maximum Gasteiger partial charge on any atom is 0.119 e. The van der Waals surface area contributed by atoms with E-state index >= 15 is 0 Å². The van der Waals surface area contributed by atoms with Gasteiger partial charge in [-0.05, 0) is 35.9 Å². The fraction of sp³-hybridized carbons (Fsp3) is 0.143. The van der Waals surface area contributed by atoms with Gasteiger partial charge in [-0.15, -0.1) is 0 Å². The molecule has 0 saturated heterocycles. The van der Waals surface area contributed by atoms with E-state index in [0.717, 1.165) is 11.3 Å². The molecule has 0 aliphatic rings. The summed E-state index contributed by atoms with van der Waals surface area (Å²) in [6.07, 6.45) is 0. The second-order valence-corrected chi connectivity index (χ2v) is 5.88. The summed E-state index contributed by atoms with van der Waals surface area (Å²) in [5.41, 5.74) is 7.07. The first-order valence-corrected chi connectivity index (χ1v) is 7.36. The number of halogens is 1. The van der Waals surface area contributed by atoms with Gasteiger partial charge in [0.15, 0.2) is 0 Å². The third kappa shape index (κ3) is 3.49. The average molecular weight is 296 g/mol. The van der Waals surface area contributed by atoms with Crippen LogP contribution in [0.25, 0.3) is 0 Å². The molecule has 0 spiro atoms. The maximum atomic E-state index is 12.2. The van der Waals surface area contributed by atoms with Crippen molar-refractivity contribution >= 4 is 28.1 Å². The number of ether oxygens (including phenoxy) is 1. The third-order valence-corrected chi connectivity index (χ3v) is 4.37. The van der Waals surface area contributed by atoms with Gasteiger partial charge in [-0.1, -0.05) is 23.7 Å². The quantitative estimate of drug-likeness (QED) is 0.881. The lowest BCUT2D eigenvalue weighted by molar-refractivity contribution is 0.414. The van der Waals surface area contributed by atoms with Crippen LogP contribution in [0.15, 0.2) is 47.4 Å². The molecule has 0 aliphatic carbocycles. The summed E-state index contributed by atoms with van der Waals surface area (Å²) in [7, 11) is 0.448. The van der Waals surface area contributed by atoms with Crippen LogP contribution in [-0.2, 0) is 16.6 Å². The van der Waals surface area contributed by atoms with E-state index in [2.05, 4.69) is 0 Å². The van der Waals surface area contributed by atoms with Crippen molar-refractivity contribution in [1.82, 2.24) is 0 Å². The molecule has 2 N–H and O–H groups in total. The highest BCUT2D eigenvalue weighted by Gasteiger charge is 2.08. The largest absolute Gasteiger partial charge is 0.497 e. The molecule has 0 saturated carbocycles. The van der Waals surface area contributed by atoms with Crippen molar-refractivity contribution < 1.29 is 8.95 Å². The molecule has 0 aliphatic heterocycles. The zero-order valence-electron chi connectivity index (χ0n) is 10.4. The van der Waals surface area contributed by atoms with Crippen molar-refractivity contribution in [2.75, 3.05) is 12.8 Å². The molecule has 2 aromatic carbocycles. The molecule has 1 atom stereocenters. The van der Waals surface area contributed by atoms with E-state index in [0.29, 0.717) is 21.4 Å². The Balaban J connectivity index is 2.18. The van der Waals surface area contributed by atoms with Crippen molar-refractivity contribution in [3.05, 3.63) is 53.1 Å². The summed E-state index contributed by atoms with van der Waals surface area (Å²) >= 11 is 5.93. The highest BCUT2D eigenvalue weighted by molar-refractivity contribution is 7.84. The standard InChI is InChI=1S/C14H14ClNO2S/c1-18-11-4-2-3-10(7-11)9-19(17)12-5-6-14(16)13(15)8-12/h2-8H,9,16H2,1H3. The van der Waals surface area contributed by atoms with E-state index in [-0.39, 0.29) is 0 Å². The van der Waals surface area contributed by atoms with Crippen LogP contribution in [0, 0.1) is 0 Å². The third-order valence-electron chi connectivity index (χ3n) is 2.67. The molecule has 0 amide bonds. The van der Waals surface area contributed by atoms with Crippen LogP contribution in [0.4, 0.5) is 5.69 Å². The topological polar surface area (TPSA) is 52.3 Å². The Morgan fingerprint density at radius 3 is 2.74 bits per heavy atom. The van der Waals surface area contributed by atoms with Crippen LogP contribution < -0.4 is 10.5 Å². The Bertz CT molecular complexity index is 616. The van der Waals surface area contributed by atoms with Gasteiger partial charge in [0.2, 0.25) is 0 Å². The first-order valence-electron chi connectivity index (χ1n) is 5.66. The molecular formula is C14H14ClNO2S. The number of benzene rings is 2. The fourth-order valence-electron chi connectivity index (χ4n) is 1.65. The first-order chi connectivity index (χ1) is 9.10. The minimum absolute atomic E-state index is 0.414. The van der Waals surface area contributed by atoms with Gasteiger partial charge in [-0.3, -0.25) is 4.21 Å². The Morgan fingerprint density at radius 2 is 2.05 bits per heavy atom. The van der Waals surface area contributed by atoms with E-state index in [1.54, 1.807) is 25.3 Å². The highest BCUT2D eigenvalue weighted by atomic mass is 35.5. The zero-order valence-corrected chi connectivity index (χ0v) is 12.0. The lowest BCUT2D eigenvalue weighted by atomic mass is 10.2. The van der Waals surface area contributed by atoms with E-state index in [1.807, 2.05) is 24.3 Å². The van der Waals surface area contributed by atoms with Crippen LogP contribution in [0.3, 0.4) is 0 Å². The maximum absolute atomic E-state index is 12.2. The SMILES string of the molecule is COc1cccc(CS(=O)c2ccc(N)c(Cl)c2)c1. The normalized spacial score (nSPS) is 12.1. The van der Waals surface area contributed by atoms with Gasteiger partial charge in [0.05, 0.1) is 34.4 Å². The highest BCUT2D eigenvalue weighted by Crippen LogP contribution is 2.23. The van der Waals surface area contributed by atoms with Gasteiger partial charge >= 0.3 is 0 Å². The lowest BCUT2D eigenvalue weighted by Gasteiger charge is -2.06. The van der Waals surface area contributed by atoms with Crippen LogP contribution in [0.1, 0.15) is 5.56 Å². The number of hydrogen-bond donors (Lipinski definition) is 1. The van der Waals surface area contributed by atoms with E-state index in [1.165, 1.54) is 0 Å². The number of anilines is 1. The number of rotatable bonds is 4. The summed E-state index contributed by atoms with van der Waals surface area (Å²) in [4.78, 5) is 0.669. The molecule has 0 fully saturated rings. The monoisotopic (exact) mass is 295 g/mol. The van der Waals surface area contributed by atoms with Crippen molar-refractivity contribution in [3.8, 4) is 5.75 Å². The number of hydrogen-bond acceptors (Lipinski definition) is 3. The Labute approximate surface area is 119 Å². The second-order valence-electron chi connectivity index (χ2n) is 4.02. The number of nitrogens with two attached hydrogens (primary N) is 1. The van der Waals surface area contributed by atoms with E-state index in [4.69, 9.17) is 22.1 Å². The fourth-order valence-corrected chi connectivity index (χ4v) is 3.01. The molecular weight excluding hydrogens is 282 g/mol. The summed E-state index contributed by atoms with van der Waals surface area (Å²) < 4.78 is 17.4. The predicted molar refractivity (Wildman–Crippen MR) is 79.0 cm³/mol. The average Bonchev–Trinajstić information content (AvgIpc) is 2.42. The second kappa shape index (κ2) is 6.08. The molecule has 5 heteroatoms. The van der Waals surface area contributed by atoms with Crippen molar-refractivity contribution in [2.45, 2.75) is 10.6 Å². The minimum atomic E-state index is -1.16. The molecule has 1 unspecified atom stereocenters. The van der Waals surface area contributed by atoms with Gasteiger partial charge in [0, 0.05) is 4.90 Å². The van der Waals surface area contributed by atoms with Crippen molar-refractivity contribution in [1.29, 1.82) is 0 Å². The first kappa shape index (κ1) is 13.9. The van der Waals surface area contributed by atoms with E-state index in [9.17, 15) is 4.21 Å². The summed E-state index contributed by atoms with van der Waals surface area (Å²) in [6.45, 7) is 0. The van der Waals surface area contributed by atoms with Gasteiger partial charge in [0.1, 0.15) is 5.75 Å². The molecule has 2 aromatic rings. The molecule has 0 heterocycles. The summed E-state index contributed by atoms with van der Waals surface area (Å²) in [6, 6.07) is 12.6. The molecule has 0 radical (unpaired) electrons. The van der Waals surface area contributed by atoms with Crippen LogP contribution >= 0.6 is 11.6 Å². The Kier molecular flexibility index (Phi) is 4.45. The Morgan fingerprint density at radius 1 is 1.26 bits per heavy atom. The molecule has 0 aromatic heterocycles. The van der Waals surface area contributed by atoms with Crippen LogP contribution in [0.2, 0.25) is 5.02 Å². The molecule has 3 nitrogen and oxygen atoms in total. The summed E-state index contributed by atoms with van der Waals surface area (Å²) in [5, 5.41) is 0.427. The van der Waals surface area contributed by atoms with Crippen molar-refractivity contribution in [2.24, 2.45) is 0 Å². The van der Waals surface area contributed by atoms with Gasteiger partial charge in [0.25, 0.3) is 0 Å². The molecule has 0 bridgehead atoms. The molecule has 2 rings (SSSR count). The lowest BCUT2D eigenvalue weighted by Crippen LogP contribution is -1.98. The zero-order chi connectivity index (χ0) is 13.8. The van der Waals surface area contributed by atoms with Gasteiger partial charge in [-0.2, -0.15) is 0 Å².